The van der Waals surface area contributed by atoms with Crippen LogP contribution in [0, 0.1) is 19.8 Å². The lowest BCUT2D eigenvalue weighted by atomic mass is 10.1. The molecule has 0 heterocycles. The largest absolute Gasteiger partial charge is 0.497 e. The van der Waals surface area contributed by atoms with Crippen LogP contribution in [0.4, 0.5) is 5.69 Å². The molecule has 35 heavy (non-hydrogen) atoms. The molecule has 1 N–H and O–H groups in total. The zero-order chi connectivity index (χ0) is 26.3. The SMILES string of the molecule is COc1ccc(CN(C(=O)CN(c2ccc(C)cc2C)S(C)(=O)=O)[C@H](C)C(=O)NCC(C)C)cc1. The van der Waals surface area contributed by atoms with Crippen molar-refractivity contribution < 1.29 is 22.7 Å². The summed E-state index contributed by atoms with van der Waals surface area (Å²) in [6, 6.07) is 11.8. The minimum Gasteiger partial charge on any atom is -0.497 e. The van der Waals surface area contributed by atoms with Crippen LogP contribution in [-0.2, 0) is 26.2 Å². The molecule has 2 aromatic carbocycles. The Morgan fingerprint density at radius 1 is 1.03 bits per heavy atom. The second kappa shape index (κ2) is 12.1. The number of amides is 2. The third-order valence-corrected chi connectivity index (χ3v) is 6.79. The highest BCUT2D eigenvalue weighted by Gasteiger charge is 2.30. The van der Waals surface area contributed by atoms with E-state index in [1.807, 2.05) is 52.0 Å². The second-order valence-electron chi connectivity index (χ2n) is 9.24. The van der Waals surface area contributed by atoms with Crippen LogP contribution in [0.15, 0.2) is 42.5 Å². The summed E-state index contributed by atoms with van der Waals surface area (Å²) < 4.78 is 31.7. The Morgan fingerprint density at radius 2 is 1.66 bits per heavy atom. The number of anilines is 1. The summed E-state index contributed by atoms with van der Waals surface area (Å²) in [6.45, 7) is 9.55. The van der Waals surface area contributed by atoms with Crippen molar-refractivity contribution in [2.45, 2.75) is 47.2 Å². The molecule has 192 valence electrons. The standard InChI is InChI=1S/C26H37N3O5S/c1-18(2)15-27-26(31)21(5)28(16-22-9-11-23(34-6)12-10-22)25(30)17-29(35(7,32)33)24-13-8-19(3)14-20(24)4/h8-14,18,21H,15-17H2,1-7H3,(H,27,31)/t21-/m1/s1. The highest BCUT2D eigenvalue weighted by atomic mass is 32.2. The molecule has 0 spiro atoms. The molecule has 0 aliphatic carbocycles. The number of sulfonamides is 1. The van der Waals surface area contributed by atoms with E-state index in [2.05, 4.69) is 5.32 Å². The first-order chi connectivity index (χ1) is 16.3. The summed E-state index contributed by atoms with van der Waals surface area (Å²) in [6.07, 6.45) is 1.08. The molecule has 0 saturated carbocycles. The van der Waals surface area contributed by atoms with Crippen LogP contribution in [0.3, 0.4) is 0 Å². The van der Waals surface area contributed by atoms with Gasteiger partial charge in [-0.05, 0) is 56.0 Å². The lowest BCUT2D eigenvalue weighted by Crippen LogP contribution is -2.51. The van der Waals surface area contributed by atoms with Gasteiger partial charge >= 0.3 is 0 Å². The van der Waals surface area contributed by atoms with Gasteiger partial charge in [0, 0.05) is 13.1 Å². The number of nitrogens with zero attached hydrogens (tertiary/aromatic N) is 2. The molecule has 2 aromatic rings. The molecule has 0 aliphatic rings. The molecule has 0 radical (unpaired) electrons. The van der Waals surface area contributed by atoms with Gasteiger partial charge in [0.25, 0.3) is 0 Å². The van der Waals surface area contributed by atoms with Gasteiger partial charge in [-0.15, -0.1) is 0 Å². The number of aryl methyl sites for hydroxylation is 2. The second-order valence-corrected chi connectivity index (χ2v) is 11.2. The predicted molar refractivity (Wildman–Crippen MR) is 139 cm³/mol. The van der Waals surface area contributed by atoms with E-state index >= 15 is 0 Å². The molecule has 0 bridgehead atoms. The quantitative estimate of drug-likeness (QED) is 0.508. The topological polar surface area (TPSA) is 96.0 Å². The van der Waals surface area contributed by atoms with Crippen molar-refractivity contribution in [1.29, 1.82) is 0 Å². The van der Waals surface area contributed by atoms with Crippen LogP contribution in [-0.4, -0.2) is 57.6 Å². The van der Waals surface area contributed by atoms with Gasteiger partial charge < -0.3 is 15.0 Å². The van der Waals surface area contributed by atoms with Crippen LogP contribution in [0.5, 0.6) is 5.75 Å². The molecule has 0 aliphatic heterocycles. The molecule has 2 rings (SSSR count). The van der Waals surface area contributed by atoms with E-state index in [0.29, 0.717) is 18.0 Å². The molecule has 0 fully saturated rings. The van der Waals surface area contributed by atoms with Crippen molar-refractivity contribution in [2.75, 3.05) is 30.8 Å². The minimum atomic E-state index is -3.76. The normalized spacial score (nSPS) is 12.2. The van der Waals surface area contributed by atoms with Crippen LogP contribution in [0.25, 0.3) is 0 Å². The van der Waals surface area contributed by atoms with E-state index in [4.69, 9.17) is 4.74 Å². The number of hydrogen-bond donors (Lipinski definition) is 1. The summed E-state index contributed by atoms with van der Waals surface area (Å²) in [5, 5.41) is 2.87. The van der Waals surface area contributed by atoms with Gasteiger partial charge in [0.15, 0.2) is 0 Å². The van der Waals surface area contributed by atoms with Crippen LogP contribution in [0.1, 0.15) is 37.5 Å². The number of carbonyl (C=O) groups excluding carboxylic acids is 2. The number of rotatable bonds is 11. The third-order valence-electron chi connectivity index (χ3n) is 5.66. The first-order valence-electron chi connectivity index (χ1n) is 11.6. The number of hydrogen-bond acceptors (Lipinski definition) is 5. The average molecular weight is 504 g/mol. The summed E-state index contributed by atoms with van der Waals surface area (Å²) in [4.78, 5) is 27.9. The number of nitrogens with one attached hydrogen (secondary N) is 1. The first kappa shape index (κ1) is 28.2. The van der Waals surface area contributed by atoms with Gasteiger partial charge in [-0.25, -0.2) is 8.42 Å². The molecule has 9 heteroatoms. The highest BCUT2D eigenvalue weighted by molar-refractivity contribution is 7.92. The summed E-state index contributed by atoms with van der Waals surface area (Å²) in [7, 11) is -2.19. The lowest BCUT2D eigenvalue weighted by molar-refractivity contribution is -0.139. The lowest BCUT2D eigenvalue weighted by Gasteiger charge is -2.32. The maximum Gasteiger partial charge on any atom is 0.244 e. The number of benzene rings is 2. The average Bonchev–Trinajstić information content (AvgIpc) is 2.79. The summed E-state index contributed by atoms with van der Waals surface area (Å²) in [5.41, 5.74) is 2.96. The van der Waals surface area contributed by atoms with Crippen molar-refractivity contribution in [3.05, 3.63) is 59.2 Å². The number of carbonyl (C=O) groups is 2. The van der Waals surface area contributed by atoms with E-state index in [1.165, 1.54) is 4.90 Å². The van der Waals surface area contributed by atoms with Gasteiger partial charge in [-0.3, -0.25) is 13.9 Å². The fourth-order valence-corrected chi connectivity index (χ4v) is 4.55. The molecule has 2 amide bonds. The van der Waals surface area contributed by atoms with E-state index in [0.717, 1.165) is 27.3 Å². The fourth-order valence-electron chi connectivity index (χ4n) is 3.64. The molecule has 1 atom stereocenters. The van der Waals surface area contributed by atoms with Crippen LogP contribution >= 0.6 is 0 Å². The summed E-state index contributed by atoms with van der Waals surface area (Å²) in [5.74, 6) is 0.158. The zero-order valence-electron chi connectivity index (χ0n) is 21.7. The van der Waals surface area contributed by atoms with Crippen LogP contribution in [0.2, 0.25) is 0 Å². The zero-order valence-corrected chi connectivity index (χ0v) is 22.5. The Kier molecular flexibility index (Phi) is 9.71. The Morgan fingerprint density at radius 3 is 2.17 bits per heavy atom. The van der Waals surface area contributed by atoms with Crippen LogP contribution < -0.4 is 14.4 Å². The minimum absolute atomic E-state index is 0.142. The molecular formula is C26H37N3O5S. The molecule has 8 nitrogen and oxygen atoms in total. The monoisotopic (exact) mass is 503 g/mol. The smallest absolute Gasteiger partial charge is 0.244 e. The van der Waals surface area contributed by atoms with E-state index in [-0.39, 0.29) is 18.4 Å². The maximum absolute atomic E-state index is 13.6. The Bertz CT molecular complexity index is 1130. The van der Waals surface area contributed by atoms with Crippen molar-refractivity contribution in [3.8, 4) is 5.75 Å². The number of methoxy groups -OCH3 is 1. The molecule has 0 unspecified atom stereocenters. The number of ether oxygens (including phenoxy) is 1. The van der Waals surface area contributed by atoms with E-state index < -0.39 is 28.5 Å². The summed E-state index contributed by atoms with van der Waals surface area (Å²) >= 11 is 0. The Balaban J connectivity index is 2.39. The Labute approximate surface area is 209 Å². The first-order valence-corrected chi connectivity index (χ1v) is 13.4. The van der Waals surface area contributed by atoms with Crippen molar-refractivity contribution in [2.24, 2.45) is 5.92 Å². The van der Waals surface area contributed by atoms with Gasteiger partial charge in [0.2, 0.25) is 21.8 Å². The highest BCUT2D eigenvalue weighted by Crippen LogP contribution is 2.24. The fraction of sp³-hybridized carbons (Fsp3) is 0.462. The predicted octanol–water partition coefficient (Wildman–Crippen LogP) is 3.27. The van der Waals surface area contributed by atoms with Crippen molar-refractivity contribution in [3.63, 3.8) is 0 Å². The van der Waals surface area contributed by atoms with Gasteiger partial charge in [-0.1, -0.05) is 43.7 Å². The van der Waals surface area contributed by atoms with Gasteiger partial charge in [0.05, 0.1) is 19.1 Å². The Hall–Kier alpha value is -3.07. The van der Waals surface area contributed by atoms with Crippen molar-refractivity contribution in [1.82, 2.24) is 10.2 Å². The molecule has 0 saturated heterocycles. The van der Waals surface area contributed by atoms with Gasteiger partial charge in [-0.2, -0.15) is 0 Å². The van der Waals surface area contributed by atoms with Gasteiger partial charge in [0.1, 0.15) is 18.3 Å². The third kappa shape index (κ3) is 7.99. The van der Waals surface area contributed by atoms with Crippen molar-refractivity contribution >= 4 is 27.5 Å². The maximum atomic E-state index is 13.6. The van der Waals surface area contributed by atoms with E-state index in [1.54, 1.807) is 32.2 Å². The molecular weight excluding hydrogens is 466 g/mol. The molecule has 0 aromatic heterocycles. The van der Waals surface area contributed by atoms with E-state index in [9.17, 15) is 18.0 Å².